The standard InChI is InChI=1S/C20H19N3O6S2/c1-12-15(22-20(29-12)17-3-2-8-30-17)10-19(25)28-11-18(24)23-7-6-13-9-14(31(21,26)27)4-5-16(13)23/h2-5,8-9H,6-7,10-11H2,1H3,(H2,21,26,27). The van der Waals surface area contributed by atoms with Crippen molar-refractivity contribution in [3.8, 4) is 10.8 Å². The summed E-state index contributed by atoms with van der Waals surface area (Å²) in [5.74, 6) is -0.0252. The molecule has 0 bridgehead atoms. The van der Waals surface area contributed by atoms with Crippen molar-refractivity contribution in [2.45, 2.75) is 24.7 Å². The second-order valence-electron chi connectivity index (χ2n) is 6.97. The van der Waals surface area contributed by atoms with Gasteiger partial charge in [0, 0.05) is 12.2 Å². The highest BCUT2D eigenvalue weighted by molar-refractivity contribution is 7.89. The number of benzene rings is 1. The largest absolute Gasteiger partial charge is 0.455 e. The maximum Gasteiger partial charge on any atom is 0.312 e. The van der Waals surface area contributed by atoms with Crippen LogP contribution in [0.1, 0.15) is 17.0 Å². The SMILES string of the molecule is Cc1oc(-c2cccs2)nc1CC(=O)OCC(=O)N1CCc2cc(S(N)(=O)=O)ccc21. The first-order valence-electron chi connectivity index (χ1n) is 9.34. The molecule has 1 amide bonds. The average molecular weight is 462 g/mol. The summed E-state index contributed by atoms with van der Waals surface area (Å²) in [7, 11) is -3.82. The third-order valence-corrected chi connectivity index (χ3v) is 6.64. The number of ether oxygens (including phenoxy) is 1. The van der Waals surface area contributed by atoms with E-state index in [0.717, 1.165) is 4.88 Å². The molecule has 3 aromatic rings. The predicted octanol–water partition coefficient (Wildman–Crippen LogP) is 2.03. The van der Waals surface area contributed by atoms with E-state index in [0.29, 0.717) is 41.6 Å². The minimum absolute atomic E-state index is 0.00289. The summed E-state index contributed by atoms with van der Waals surface area (Å²) in [6.45, 7) is 1.66. The van der Waals surface area contributed by atoms with Crippen LogP contribution in [0.2, 0.25) is 0 Å². The van der Waals surface area contributed by atoms with E-state index in [1.54, 1.807) is 6.92 Å². The van der Waals surface area contributed by atoms with Crippen LogP contribution in [0.5, 0.6) is 0 Å². The Balaban J connectivity index is 1.36. The van der Waals surface area contributed by atoms with Crippen molar-refractivity contribution in [2.75, 3.05) is 18.1 Å². The Kier molecular flexibility index (Phi) is 5.65. The molecule has 0 radical (unpaired) electrons. The quantitative estimate of drug-likeness (QED) is 0.555. The number of fused-ring (bicyclic) bond motifs is 1. The number of hydrogen-bond acceptors (Lipinski definition) is 8. The summed E-state index contributed by atoms with van der Waals surface area (Å²) < 4.78 is 33.7. The Labute approximate surface area is 182 Å². The van der Waals surface area contributed by atoms with Gasteiger partial charge in [-0.25, -0.2) is 18.5 Å². The van der Waals surface area contributed by atoms with Crippen LogP contribution in [0.3, 0.4) is 0 Å². The van der Waals surface area contributed by atoms with Gasteiger partial charge in [0.2, 0.25) is 15.9 Å². The molecule has 0 saturated carbocycles. The van der Waals surface area contributed by atoms with E-state index in [9.17, 15) is 18.0 Å². The second kappa shape index (κ2) is 8.25. The third kappa shape index (κ3) is 4.53. The van der Waals surface area contributed by atoms with Crippen LogP contribution in [0.4, 0.5) is 5.69 Å². The molecular weight excluding hydrogens is 442 g/mol. The van der Waals surface area contributed by atoms with Gasteiger partial charge in [0.25, 0.3) is 5.91 Å². The zero-order valence-corrected chi connectivity index (χ0v) is 18.2. The molecule has 0 unspecified atom stereocenters. The van der Waals surface area contributed by atoms with E-state index in [1.807, 2.05) is 17.5 Å². The van der Waals surface area contributed by atoms with Gasteiger partial charge in [-0.15, -0.1) is 11.3 Å². The van der Waals surface area contributed by atoms with E-state index in [-0.39, 0.29) is 11.3 Å². The zero-order chi connectivity index (χ0) is 22.2. The molecule has 162 valence electrons. The van der Waals surface area contributed by atoms with Crippen LogP contribution in [0, 0.1) is 6.92 Å². The molecule has 2 aromatic heterocycles. The number of esters is 1. The van der Waals surface area contributed by atoms with Gasteiger partial charge in [-0.05, 0) is 48.6 Å². The number of aryl methyl sites for hydroxylation is 1. The molecular formula is C20H19N3O6S2. The lowest BCUT2D eigenvalue weighted by molar-refractivity contribution is -0.147. The first kappa shape index (κ1) is 21.2. The number of rotatable bonds is 6. The van der Waals surface area contributed by atoms with Crippen LogP contribution >= 0.6 is 11.3 Å². The van der Waals surface area contributed by atoms with Crippen LogP contribution in [0.15, 0.2) is 45.0 Å². The fourth-order valence-electron chi connectivity index (χ4n) is 3.32. The number of carbonyl (C=O) groups excluding carboxylic acids is 2. The number of sulfonamides is 1. The average Bonchev–Trinajstić information content (AvgIpc) is 3.45. The maximum absolute atomic E-state index is 12.5. The molecule has 0 atom stereocenters. The molecule has 0 fully saturated rings. The molecule has 0 saturated heterocycles. The first-order chi connectivity index (χ1) is 14.7. The molecule has 1 aliphatic rings. The number of thiophene rings is 1. The van der Waals surface area contributed by atoms with Crippen LogP contribution in [-0.4, -0.2) is 38.4 Å². The molecule has 11 heteroatoms. The number of aromatic nitrogens is 1. The van der Waals surface area contributed by atoms with Crippen LogP contribution in [0.25, 0.3) is 10.8 Å². The number of nitrogens with two attached hydrogens (primary N) is 1. The lowest BCUT2D eigenvalue weighted by Gasteiger charge is -2.17. The Morgan fingerprint density at radius 2 is 2.13 bits per heavy atom. The number of nitrogens with zero attached hydrogens (tertiary/aromatic N) is 2. The first-order valence-corrected chi connectivity index (χ1v) is 11.8. The molecule has 1 aliphatic heterocycles. The van der Waals surface area contributed by atoms with Gasteiger partial charge < -0.3 is 14.1 Å². The molecule has 4 rings (SSSR count). The van der Waals surface area contributed by atoms with Crippen molar-refractivity contribution in [2.24, 2.45) is 5.14 Å². The molecule has 2 N–H and O–H groups in total. The van der Waals surface area contributed by atoms with Crippen molar-refractivity contribution in [1.82, 2.24) is 4.98 Å². The highest BCUT2D eigenvalue weighted by Gasteiger charge is 2.27. The summed E-state index contributed by atoms with van der Waals surface area (Å²) in [5.41, 5.74) is 1.75. The van der Waals surface area contributed by atoms with Crippen molar-refractivity contribution >= 4 is 38.9 Å². The van der Waals surface area contributed by atoms with Gasteiger partial charge in [-0.1, -0.05) is 6.07 Å². The van der Waals surface area contributed by atoms with Gasteiger partial charge >= 0.3 is 5.97 Å². The Morgan fingerprint density at radius 1 is 1.32 bits per heavy atom. The topological polar surface area (TPSA) is 133 Å². The second-order valence-corrected chi connectivity index (χ2v) is 9.48. The smallest absolute Gasteiger partial charge is 0.312 e. The van der Waals surface area contributed by atoms with E-state index in [2.05, 4.69) is 4.98 Å². The number of amides is 1. The summed E-state index contributed by atoms with van der Waals surface area (Å²) >= 11 is 1.48. The van der Waals surface area contributed by atoms with Gasteiger partial charge in [0.15, 0.2) is 6.61 Å². The summed E-state index contributed by atoms with van der Waals surface area (Å²) in [6, 6.07) is 8.10. The fraction of sp³-hybridized carbons (Fsp3) is 0.250. The molecule has 0 spiro atoms. The van der Waals surface area contributed by atoms with Crippen molar-refractivity contribution in [3.05, 3.63) is 52.7 Å². The predicted molar refractivity (Wildman–Crippen MR) is 113 cm³/mol. The zero-order valence-electron chi connectivity index (χ0n) is 16.5. The molecule has 9 nitrogen and oxygen atoms in total. The van der Waals surface area contributed by atoms with Gasteiger partial charge in [0.05, 0.1) is 21.9 Å². The normalized spacial score (nSPS) is 13.3. The number of oxazole rings is 1. The minimum Gasteiger partial charge on any atom is -0.455 e. The Bertz CT molecular complexity index is 1250. The van der Waals surface area contributed by atoms with E-state index < -0.39 is 28.5 Å². The van der Waals surface area contributed by atoms with Crippen molar-refractivity contribution in [3.63, 3.8) is 0 Å². The van der Waals surface area contributed by atoms with Gasteiger partial charge in [-0.2, -0.15) is 0 Å². The summed E-state index contributed by atoms with van der Waals surface area (Å²) in [5, 5.41) is 7.06. The molecule has 1 aromatic carbocycles. The number of carbonyl (C=O) groups is 2. The highest BCUT2D eigenvalue weighted by Crippen LogP contribution is 2.30. The monoisotopic (exact) mass is 461 g/mol. The Hall–Kier alpha value is -3.02. The molecule has 3 heterocycles. The van der Waals surface area contributed by atoms with Crippen molar-refractivity contribution < 1.29 is 27.2 Å². The number of primary sulfonamides is 1. The lowest BCUT2D eigenvalue weighted by atomic mass is 10.2. The van der Waals surface area contributed by atoms with E-state index >= 15 is 0 Å². The summed E-state index contributed by atoms with van der Waals surface area (Å²) in [4.78, 5) is 31.4. The van der Waals surface area contributed by atoms with Crippen LogP contribution < -0.4 is 10.0 Å². The number of anilines is 1. The highest BCUT2D eigenvalue weighted by atomic mass is 32.2. The van der Waals surface area contributed by atoms with E-state index in [4.69, 9.17) is 14.3 Å². The molecule has 31 heavy (non-hydrogen) atoms. The van der Waals surface area contributed by atoms with Gasteiger partial charge in [-0.3, -0.25) is 9.59 Å². The fourth-order valence-corrected chi connectivity index (χ4v) is 4.53. The molecule has 0 aliphatic carbocycles. The summed E-state index contributed by atoms with van der Waals surface area (Å²) in [6.07, 6.45) is 0.379. The lowest BCUT2D eigenvalue weighted by Crippen LogP contribution is -2.33. The van der Waals surface area contributed by atoms with Gasteiger partial charge in [0.1, 0.15) is 5.76 Å². The minimum atomic E-state index is -3.82. The Morgan fingerprint density at radius 3 is 2.84 bits per heavy atom. The third-order valence-electron chi connectivity index (χ3n) is 4.87. The van der Waals surface area contributed by atoms with Crippen LogP contribution in [-0.2, 0) is 37.2 Å². The van der Waals surface area contributed by atoms with E-state index in [1.165, 1.54) is 34.4 Å². The number of hydrogen-bond donors (Lipinski definition) is 1. The van der Waals surface area contributed by atoms with Crippen molar-refractivity contribution in [1.29, 1.82) is 0 Å². The maximum atomic E-state index is 12.5.